The van der Waals surface area contributed by atoms with Crippen LogP contribution >= 0.6 is 12.4 Å². The average molecular weight is 172 g/mol. The number of halogens is 3. The Kier molecular flexibility index (Phi) is 4.13. The number of rotatable bonds is 2. The summed E-state index contributed by atoms with van der Waals surface area (Å²) in [5.41, 5.74) is 5.23. The van der Waals surface area contributed by atoms with Gasteiger partial charge >= 0.3 is 0 Å². The minimum absolute atomic E-state index is 0. The van der Waals surface area contributed by atoms with Crippen LogP contribution in [0, 0.1) is 11.8 Å². The molecule has 10 heavy (non-hydrogen) atoms. The van der Waals surface area contributed by atoms with E-state index >= 15 is 0 Å². The molecule has 0 aromatic rings. The second kappa shape index (κ2) is 4.09. The van der Waals surface area contributed by atoms with Gasteiger partial charge in [-0.2, -0.15) is 0 Å². The highest BCUT2D eigenvalue weighted by atomic mass is 35.5. The third-order valence-electron chi connectivity index (χ3n) is 2.10. The van der Waals surface area contributed by atoms with E-state index in [0.717, 1.165) is 6.42 Å². The lowest BCUT2D eigenvalue weighted by atomic mass is 9.74. The molecule has 0 heterocycles. The normalized spacial score (nSPS) is 31.2. The third-order valence-corrected chi connectivity index (χ3v) is 2.10. The van der Waals surface area contributed by atoms with E-state index in [1.807, 2.05) is 0 Å². The highest BCUT2D eigenvalue weighted by Gasteiger charge is 2.36. The van der Waals surface area contributed by atoms with Crippen LogP contribution in [0.4, 0.5) is 8.78 Å². The van der Waals surface area contributed by atoms with Crippen LogP contribution in [0.25, 0.3) is 0 Å². The van der Waals surface area contributed by atoms with Crippen molar-refractivity contribution in [3.8, 4) is 0 Å². The van der Waals surface area contributed by atoms with E-state index in [-0.39, 0.29) is 18.3 Å². The lowest BCUT2D eigenvalue weighted by Crippen LogP contribution is -2.36. The van der Waals surface area contributed by atoms with E-state index in [2.05, 4.69) is 0 Å². The Hall–Kier alpha value is 0.110. The first-order valence-corrected chi connectivity index (χ1v) is 3.24. The molecule has 2 atom stereocenters. The van der Waals surface area contributed by atoms with Crippen LogP contribution in [0.15, 0.2) is 0 Å². The minimum atomic E-state index is -2.15. The van der Waals surface area contributed by atoms with E-state index in [1.165, 1.54) is 0 Å². The van der Waals surface area contributed by atoms with E-state index in [1.54, 1.807) is 0 Å². The highest BCUT2D eigenvalue weighted by Crippen LogP contribution is 2.37. The van der Waals surface area contributed by atoms with Gasteiger partial charge in [-0.1, -0.05) is 0 Å². The quantitative estimate of drug-likeness (QED) is 0.672. The molecule has 0 amide bonds. The molecule has 1 saturated carbocycles. The second-order valence-corrected chi connectivity index (χ2v) is 2.57. The van der Waals surface area contributed by atoms with Gasteiger partial charge < -0.3 is 5.73 Å². The largest absolute Gasteiger partial charge is 0.330 e. The van der Waals surface area contributed by atoms with E-state index in [0.29, 0.717) is 13.0 Å². The van der Waals surface area contributed by atoms with Gasteiger partial charge in [-0.15, -0.1) is 12.4 Å². The van der Waals surface area contributed by atoms with Gasteiger partial charge in [0.25, 0.3) is 0 Å². The van der Waals surface area contributed by atoms with Crippen LogP contribution in [0.1, 0.15) is 12.8 Å². The first kappa shape index (κ1) is 10.1. The molecule has 0 saturated heterocycles. The molecular formula is C6H12ClF2N. The number of alkyl halides is 2. The molecule has 1 fully saturated rings. The van der Waals surface area contributed by atoms with Gasteiger partial charge in [0.15, 0.2) is 0 Å². The maximum absolute atomic E-state index is 11.9. The zero-order chi connectivity index (χ0) is 6.85. The average Bonchev–Trinajstić information content (AvgIpc) is 1.61. The van der Waals surface area contributed by atoms with Crippen molar-refractivity contribution in [1.82, 2.24) is 0 Å². The van der Waals surface area contributed by atoms with E-state index in [9.17, 15) is 8.78 Å². The van der Waals surface area contributed by atoms with Gasteiger partial charge in [0.2, 0.25) is 6.43 Å². The second-order valence-electron chi connectivity index (χ2n) is 2.57. The van der Waals surface area contributed by atoms with E-state index in [4.69, 9.17) is 5.73 Å². The Morgan fingerprint density at radius 1 is 1.40 bits per heavy atom. The Morgan fingerprint density at radius 3 is 2.10 bits per heavy atom. The van der Waals surface area contributed by atoms with E-state index < -0.39 is 12.3 Å². The van der Waals surface area contributed by atoms with Crippen molar-refractivity contribution >= 4 is 12.4 Å². The van der Waals surface area contributed by atoms with Gasteiger partial charge in [0.05, 0.1) is 0 Å². The van der Waals surface area contributed by atoms with Crippen LogP contribution in [0.2, 0.25) is 0 Å². The van der Waals surface area contributed by atoms with Crippen molar-refractivity contribution in [1.29, 1.82) is 0 Å². The van der Waals surface area contributed by atoms with Crippen LogP contribution in [0.3, 0.4) is 0 Å². The Morgan fingerprint density at radius 2 is 2.00 bits per heavy atom. The van der Waals surface area contributed by atoms with Crippen molar-refractivity contribution < 1.29 is 8.78 Å². The van der Waals surface area contributed by atoms with Crippen molar-refractivity contribution in [3.63, 3.8) is 0 Å². The predicted molar refractivity (Wildman–Crippen MR) is 38.5 cm³/mol. The van der Waals surface area contributed by atoms with Gasteiger partial charge in [0, 0.05) is 5.92 Å². The molecule has 1 aliphatic carbocycles. The standard InChI is InChI=1S/C6H11F2N.ClH/c7-6(8)5-2-1-4(5)3-9;/h4-6H,1-3,9H2;1H. The maximum Gasteiger partial charge on any atom is 0.241 e. The monoisotopic (exact) mass is 171 g/mol. The number of hydrogen-bond donors (Lipinski definition) is 1. The molecule has 4 heteroatoms. The van der Waals surface area contributed by atoms with Crippen molar-refractivity contribution in [2.45, 2.75) is 19.3 Å². The summed E-state index contributed by atoms with van der Waals surface area (Å²) in [5.74, 6) is -0.292. The molecule has 0 spiro atoms. The molecular weight excluding hydrogens is 160 g/mol. The van der Waals surface area contributed by atoms with Crippen molar-refractivity contribution in [2.24, 2.45) is 17.6 Å². The summed E-state index contributed by atoms with van der Waals surface area (Å²) in [6.07, 6.45) is -0.585. The molecule has 0 aliphatic heterocycles. The predicted octanol–water partition coefficient (Wildman–Crippen LogP) is 1.66. The Bertz CT molecular complexity index is 97.7. The van der Waals surface area contributed by atoms with Crippen LogP contribution in [-0.4, -0.2) is 13.0 Å². The molecule has 1 rings (SSSR count). The topological polar surface area (TPSA) is 26.0 Å². The summed E-state index contributed by atoms with van der Waals surface area (Å²) in [6.45, 7) is 0.426. The van der Waals surface area contributed by atoms with Gasteiger partial charge in [-0.05, 0) is 25.3 Å². The lowest BCUT2D eigenvalue weighted by molar-refractivity contribution is -0.00809. The summed E-state index contributed by atoms with van der Waals surface area (Å²) in [7, 11) is 0. The van der Waals surface area contributed by atoms with Crippen molar-refractivity contribution in [3.05, 3.63) is 0 Å². The summed E-state index contributed by atoms with van der Waals surface area (Å²) < 4.78 is 23.7. The zero-order valence-electron chi connectivity index (χ0n) is 5.59. The van der Waals surface area contributed by atoms with Crippen LogP contribution in [-0.2, 0) is 0 Å². The van der Waals surface area contributed by atoms with Crippen molar-refractivity contribution in [2.75, 3.05) is 6.54 Å². The van der Waals surface area contributed by atoms with Gasteiger partial charge in [-0.3, -0.25) is 0 Å². The molecule has 0 aromatic carbocycles. The fraction of sp³-hybridized carbons (Fsp3) is 1.00. The van der Waals surface area contributed by atoms with Crippen LogP contribution < -0.4 is 5.73 Å². The first-order chi connectivity index (χ1) is 4.25. The smallest absolute Gasteiger partial charge is 0.241 e. The molecule has 1 aliphatic rings. The highest BCUT2D eigenvalue weighted by molar-refractivity contribution is 5.85. The molecule has 0 bridgehead atoms. The maximum atomic E-state index is 11.9. The summed E-state index contributed by atoms with van der Waals surface area (Å²) >= 11 is 0. The fourth-order valence-electron chi connectivity index (χ4n) is 1.22. The number of hydrogen-bond acceptors (Lipinski definition) is 1. The Balaban J connectivity index is 0.000000810. The minimum Gasteiger partial charge on any atom is -0.330 e. The lowest BCUT2D eigenvalue weighted by Gasteiger charge is -2.34. The third kappa shape index (κ3) is 1.80. The van der Waals surface area contributed by atoms with Crippen LogP contribution in [0.5, 0.6) is 0 Å². The Labute approximate surface area is 65.4 Å². The number of nitrogens with two attached hydrogens (primary N) is 1. The van der Waals surface area contributed by atoms with Gasteiger partial charge in [0.1, 0.15) is 0 Å². The molecule has 62 valence electrons. The molecule has 2 N–H and O–H groups in total. The fourth-order valence-corrected chi connectivity index (χ4v) is 1.22. The molecule has 0 radical (unpaired) electrons. The summed E-state index contributed by atoms with van der Waals surface area (Å²) in [5, 5.41) is 0. The summed E-state index contributed by atoms with van der Waals surface area (Å²) in [6, 6.07) is 0. The molecule has 0 aromatic heterocycles. The summed E-state index contributed by atoms with van der Waals surface area (Å²) in [4.78, 5) is 0. The first-order valence-electron chi connectivity index (χ1n) is 3.24. The molecule has 2 unspecified atom stereocenters. The molecule has 1 nitrogen and oxygen atoms in total. The van der Waals surface area contributed by atoms with Gasteiger partial charge in [-0.25, -0.2) is 8.78 Å². The SMILES string of the molecule is Cl.NCC1CCC1C(F)F. The zero-order valence-corrected chi connectivity index (χ0v) is 6.41.